The van der Waals surface area contributed by atoms with E-state index in [0.29, 0.717) is 0 Å². The van der Waals surface area contributed by atoms with E-state index in [2.05, 4.69) is 53.0 Å². The molecule has 5 heteroatoms. The molecule has 0 saturated carbocycles. The molecule has 0 spiro atoms. The van der Waals surface area contributed by atoms with Crippen molar-refractivity contribution in [3.05, 3.63) is 95.3 Å². The van der Waals surface area contributed by atoms with Crippen LogP contribution in [-0.4, -0.2) is 29.6 Å². The largest absolute Gasteiger partial charge is 0.497 e. The second-order valence-corrected chi connectivity index (χ2v) is 8.92. The predicted octanol–water partition coefficient (Wildman–Crippen LogP) is 5.29. The fraction of sp³-hybridized carbons (Fsp3) is 0.179. The standard InChI is InChI=1S/C28H25N3O2/c1-17-9-11-19-22(15-29-24(19)13-17)28(23-16-30(2)25-8-6-5-7-20(23)25)21-14-18(33-4)10-12-26(21)31(3)27(28)32/h5-16,29H,1-4H3/t28-/m0/s1. The van der Waals surface area contributed by atoms with Crippen LogP contribution in [0.15, 0.2) is 73.1 Å². The van der Waals surface area contributed by atoms with E-state index in [1.54, 1.807) is 12.0 Å². The molecule has 3 aromatic carbocycles. The molecule has 3 heterocycles. The van der Waals surface area contributed by atoms with E-state index in [9.17, 15) is 4.79 Å². The number of benzene rings is 3. The molecule has 0 bridgehead atoms. The Morgan fingerprint density at radius 3 is 2.55 bits per heavy atom. The normalized spacial score (nSPS) is 17.8. The van der Waals surface area contributed by atoms with Crippen molar-refractivity contribution in [2.45, 2.75) is 12.3 Å². The van der Waals surface area contributed by atoms with Crippen LogP contribution in [0.4, 0.5) is 5.69 Å². The third-order valence-corrected chi connectivity index (χ3v) is 7.14. The Morgan fingerprint density at radius 1 is 0.909 bits per heavy atom. The first kappa shape index (κ1) is 19.7. The van der Waals surface area contributed by atoms with Crippen LogP contribution in [-0.2, 0) is 17.3 Å². The van der Waals surface area contributed by atoms with E-state index in [0.717, 1.165) is 49.9 Å². The van der Waals surface area contributed by atoms with Crippen LogP contribution in [0.3, 0.4) is 0 Å². The van der Waals surface area contributed by atoms with Crippen molar-refractivity contribution in [2.75, 3.05) is 19.1 Å². The van der Waals surface area contributed by atoms with Crippen molar-refractivity contribution < 1.29 is 9.53 Å². The van der Waals surface area contributed by atoms with Gasteiger partial charge in [-0.15, -0.1) is 0 Å². The maximum absolute atomic E-state index is 14.4. The maximum atomic E-state index is 14.4. The van der Waals surface area contributed by atoms with E-state index in [-0.39, 0.29) is 5.91 Å². The average molecular weight is 436 g/mol. The Kier molecular flexibility index (Phi) is 4.03. The number of aromatic nitrogens is 2. The molecule has 1 N–H and O–H groups in total. The van der Waals surface area contributed by atoms with Crippen molar-refractivity contribution in [1.82, 2.24) is 9.55 Å². The summed E-state index contributed by atoms with van der Waals surface area (Å²) >= 11 is 0. The number of fused-ring (bicyclic) bond motifs is 3. The summed E-state index contributed by atoms with van der Waals surface area (Å²) in [4.78, 5) is 19.6. The number of H-pyrrole nitrogens is 1. The number of carbonyl (C=O) groups excluding carboxylic acids is 1. The van der Waals surface area contributed by atoms with E-state index >= 15 is 0 Å². The van der Waals surface area contributed by atoms with Crippen molar-refractivity contribution in [3.8, 4) is 5.75 Å². The molecule has 164 valence electrons. The molecule has 1 aliphatic heterocycles. The first-order chi connectivity index (χ1) is 16.0. The van der Waals surface area contributed by atoms with E-state index in [1.807, 2.05) is 50.6 Å². The molecule has 2 aromatic heterocycles. The molecule has 6 rings (SSSR count). The number of anilines is 1. The van der Waals surface area contributed by atoms with Crippen LogP contribution in [0, 0.1) is 6.92 Å². The molecule has 0 radical (unpaired) electrons. The number of amides is 1. The molecule has 33 heavy (non-hydrogen) atoms. The average Bonchev–Trinajstić information content (AvgIpc) is 3.46. The van der Waals surface area contributed by atoms with Gasteiger partial charge in [0.25, 0.3) is 0 Å². The Bertz CT molecular complexity index is 1580. The zero-order valence-corrected chi connectivity index (χ0v) is 19.1. The first-order valence-corrected chi connectivity index (χ1v) is 11.1. The number of hydrogen-bond donors (Lipinski definition) is 1. The van der Waals surface area contributed by atoms with E-state index in [1.165, 1.54) is 5.56 Å². The summed E-state index contributed by atoms with van der Waals surface area (Å²) in [7, 11) is 5.56. The number of nitrogens with one attached hydrogen (secondary N) is 1. The summed E-state index contributed by atoms with van der Waals surface area (Å²) in [6.07, 6.45) is 4.12. The minimum Gasteiger partial charge on any atom is -0.497 e. The summed E-state index contributed by atoms with van der Waals surface area (Å²) in [5.41, 5.74) is 6.05. The third kappa shape index (κ3) is 2.45. The number of rotatable bonds is 3. The van der Waals surface area contributed by atoms with Gasteiger partial charge in [-0.05, 0) is 42.8 Å². The zero-order valence-electron chi connectivity index (χ0n) is 19.1. The molecule has 0 unspecified atom stereocenters. The highest BCUT2D eigenvalue weighted by Gasteiger charge is 2.54. The van der Waals surface area contributed by atoms with Crippen LogP contribution in [0.25, 0.3) is 21.8 Å². The molecule has 5 aromatic rings. The van der Waals surface area contributed by atoms with Gasteiger partial charge in [0.1, 0.15) is 11.2 Å². The summed E-state index contributed by atoms with van der Waals surface area (Å²) in [6.45, 7) is 2.08. The number of methoxy groups -OCH3 is 1. The minimum absolute atomic E-state index is 0.0311. The molecule has 5 nitrogen and oxygen atoms in total. The molecule has 0 aliphatic carbocycles. The smallest absolute Gasteiger partial charge is 0.246 e. The topological polar surface area (TPSA) is 50.3 Å². The number of hydrogen-bond acceptors (Lipinski definition) is 2. The molecule has 1 atom stereocenters. The summed E-state index contributed by atoms with van der Waals surface area (Å²) in [5.74, 6) is 0.765. The van der Waals surface area contributed by atoms with Gasteiger partial charge in [0.2, 0.25) is 5.91 Å². The van der Waals surface area contributed by atoms with Gasteiger partial charge in [-0.3, -0.25) is 4.79 Å². The van der Waals surface area contributed by atoms with Crippen molar-refractivity contribution >= 4 is 33.4 Å². The lowest BCUT2D eigenvalue weighted by Gasteiger charge is -2.29. The molecule has 1 amide bonds. The quantitative estimate of drug-likeness (QED) is 0.419. The fourth-order valence-corrected chi connectivity index (χ4v) is 5.57. The number of aromatic amines is 1. The van der Waals surface area contributed by atoms with Crippen LogP contribution < -0.4 is 9.64 Å². The minimum atomic E-state index is -1.01. The maximum Gasteiger partial charge on any atom is 0.246 e. The number of aryl methyl sites for hydroxylation is 2. The number of nitrogens with zero attached hydrogens (tertiary/aromatic N) is 2. The highest BCUT2D eigenvalue weighted by molar-refractivity contribution is 6.16. The number of para-hydroxylation sites is 1. The first-order valence-electron chi connectivity index (χ1n) is 11.1. The van der Waals surface area contributed by atoms with Crippen LogP contribution in [0.5, 0.6) is 5.75 Å². The van der Waals surface area contributed by atoms with Gasteiger partial charge in [0, 0.05) is 70.7 Å². The third-order valence-electron chi connectivity index (χ3n) is 7.14. The Labute approximate surface area is 192 Å². The van der Waals surface area contributed by atoms with Crippen molar-refractivity contribution in [3.63, 3.8) is 0 Å². The fourth-order valence-electron chi connectivity index (χ4n) is 5.57. The predicted molar refractivity (Wildman–Crippen MR) is 132 cm³/mol. The second-order valence-electron chi connectivity index (χ2n) is 8.92. The van der Waals surface area contributed by atoms with E-state index in [4.69, 9.17) is 4.74 Å². The van der Waals surface area contributed by atoms with Gasteiger partial charge in [-0.1, -0.05) is 30.3 Å². The Balaban J connectivity index is 1.81. The molecule has 0 saturated heterocycles. The summed E-state index contributed by atoms with van der Waals surface area (Å²) < 4.78 is 7.72. The molecule has 0 fully saturated rings. The Hall–Kier alpha value is -3.99. The van der Waals surface area contributed by atoms with E-state index < -0.39 is 5.41 Å². The summed E-state index contributed by atoms with van der Waals surface area (Å²) in [6, 6.07) is 20.5. The van der Waals surface area contributed by atoms with Crippen molar-refractivity contribution in [2.24, 2.45) is 7.05 Å². The number of carbonyl (C=O) groups is 1. The SMILES string of the molecule is COc1ccc2c(c1)[C@](c1c[nH]c3cc(C)ccc13)(c1cn(C)c3ccccc13)C(=O)N2C. The van der Waals surface area contributed by atoms with Crippen LogP contribution >= 0.6 is 0 Å². The lowest BCUT2D eigenvalue weighted by Crippen LogP contribution is -2.40. The number of likely N-dealkylation sites (N-methyl/N-ethyl adjacent to an activating group) is 1. The highest BCUT2D eigenvalue weighted by atomic mass is 16.5. The van der Waals surface area contributed by atoms with Gasteiger partial charge in [0.05, 0.1) is 7.11 Å². The van der Waals surface area contributed by atoms with Gasteiger partial charge in [0.15, 0.2) is 0 Å². The zero-order chi connectivity index (χ0) is 22.9. The van der Waals surface area contributed by atoms with Gasteiger partial charge >= 0.3 is 0 Å². The Morgan fingerprint density at radius 2 is 1.73 bits per heavy atom. The van der Waals surface area contributed by atoms with Crippen LogP contribution in [0.2, 0.25) is 0 Å². The van der Waals surface area contributed by atoms with Crippen LogP contribution in [0.1, 0.15) is 22.3 Å². The van der Waals surface area contributed by atoms with Gasteiger partial charge in [-0.25, -0.2) is 0 Å². The van der Waals surface area contributed by atoms with Gasteiger partial charge < -0.3 is 19.2 Å². The monoisotopic (exact) mass is 435 g/mol. The number of ether oxygens (including phenoxy) is 1. The molecular formula is C28H25N3O2. The molecule has 1 aliphatic rings. The highest BCUT2D eigenvalue weighted by Crippen LogP contribution is 2.54. The van der Waals surface area contributed by atoms with Gasteiger partial charge in [-0.2, -0.15) is 0 Å². The van der Waals surface area contributed by atoms with Crippen molar-refractivity contribution in [1.29, 1.82) is 0 Å². The molecular weight excluding hydrogens is 410 g/mol. The lowest BCUT2D eigenvalue weighted by atomic mass is 9.70. The lowest BCUT2D eigenvalue weighted by molar-refractivity contribution is -0.120. The second kappa shape index (κ2) is 6.75. The summed E-state index contributed by atoms with van der Waals surface area (Å²) in [5, 5.41) is 2.12.